The van der Waals surface area contributed by atoms with Crippen LogP contribution in [0.2, 0.25) is 0 Å². The third-order valence-corrected chi connectivity index (χ3v) is 2.50. The van der Waals surface area contributed by atoms with Crippen molar-refractivity contribution >= 4 is 21.7 Å². The molecule has 0 bridgehead atoms. The van der Waals surface area contributed by atoms with Crippen LogP contribution in [0.3, 0.4) is 0 Å². The van der Waals surface area contributed by atoms with Gasteiger partial charge >= 0.3 is 0 Å². The highest BCUT2D eigenvalue weighted by Crippen LogP contribution is 2.24. The van der Waals surface area contributed by atoms with Gasteiger partial charge in [-0.15, -0.1) is 0 Å². The fourth-order valence-electron chi connectivity index (χ4n) is 1.16. The number of ketones is 1. The molecule has 0 aromatic carbocycles. The predicted octanol–water partition coefficient (Wildman–Crippen LogP) is 3.04. The van der Waals surface area contributed by atoms with Crippen molar-refractivity contribution < 1.29 is 13.9 Å². The average molecular weight is 261 g/mol. The fourth-order valence-corrected chi connectivity index (χ4v) is 1.54. The van der Waals surface area contributed by atoms with E-state index in [1.165, 1.54) is 6.26 Å². The van der Waals surface area contributed by atoms with Gasteiger partial charge in [0.25, 0.3) is 0 Å². The summed E-state index contributed by atoms with van der Waals surface area (Å²) in [6, 6.07) is 1.69. The third-order valence-electron chi connectivity index (χ3n) is 1.88. The summed E-state index contributed by atoms with van der Waals surface area (Å²) in [6.07, 6.45) is 1.47. The van der Waals surface area contributed by atoms with E-state index in [1.54, 1.807) is 19.9 Å². The van der Waals surface area contributed by atoms with Gasteiger partial charge in [-0.3, -0.25) is 4.79 Å². The highest BCUT2D eigenvalue weighted by molar-refractivity contribution is 9.10. The largest absolute Gasteiger partial charge is 0.460 e. The Labute approximate surface area is 91.6 Å². The first-order valence-corrected chi connectivity index (χ1v) is 5.20. The standard InChI is InChI=1S/C10H13BrO3/c1-4-14-10(2,3)9(12)8-7(11)5-6-13-8/h5-6H,4H2,1-3H3. The third kappa shape index (κ3) is 2.25. The molecule has 0 unspecified atom stereocenters. The second-order valence-electron chi connectivity index (χ2n) is 3.37. The molecule has 0 spiro atoms. The fraction of sp³-hybridized carbons (Fsp3) is 0.500. The highest BCUT2D eigenvalue weighted by Gasteiger charge is 2.32. The van der Waals surface area contributed by atoms with E-state index in [4.69, 9.17) is 9.15 Å². The zero-order chi connectivity index (χ0) is 10.8. The quantitative estimate of drug-likeness (QED) is 0.782. The van der Waals surface area contributed by atoms with Crippen molar-refractivity contribution in [2.45, 2.75) is 26.4 Å². The molecule has 1 aromatic rings. The minimum Gasteiger partial charge on any atom is -0.460 e. The van der Waals surface area contributed by atoms with Crippen molar-refractivity contribution in [1.29, 1.82) is 0 Å². The van der Waals surface area contributed by atoms with E-state index in [0.717, 1.165) is 0 Å². The molecule has 0 saturated carbocycles. The highest BCUT2D eigenvalue weighted by atomic mass is 79.9. The summed E-state index contributed by atoms with van der Waals surface area (Å²) in [7, 11) is 0. The Bertz CT molecular complexity index is 328. The molecule has 0 aliphatic rings. The van der Waals surface area contributed by atoms with E-state index in [0.29, 0.717) is 16.8 Å². The molecule has 0 aliphatic heterocycles. The minimum atomic E-state index is -0.838. The lowest BCUT2D eigenvalue weighted by molar-refractivity contribution is -0.000750. The van der Waals surface area contributed by atoms with Crippen molar-refractivity contribution in [1.82, 2.24) is 0 Å². The van der Waals surface area contributed by atoms with Crippen molar-refractivity contribution in [3.05, 3.63) is 22.6 Å². The van der Waals surface area contributed by atoms with E-state index in [9.17, 15) is 4.79 Å². The lowest BCUT2D eigenvalue weighted by Crippen LogP contribution is -2.35. The Balaban J connectivity index is 2.90. The minimum absolute atomic E-state index is 0.156. The zero-order valence-corrected chi connectivity index (χ0v) is 10.1. The molecule has 4 heteroatoms. The summed E-state index contributed by atoms with van der Waals surface area (Å²) >= 11 is 3.24. The lowest BCUT2D eigenvalue weighted by atomic mass is 10.0. The van der Waals surface area contributed by atoms with Crippen LogP contribution in [-0.4, -0.2) is 18.0 Å². The first-order chi connectivity index (χ1) is 6.49. The van der Waals surface area contributed by atoms with E-state index < -0.39 is 5.60 Å². The van der Waals surface area contributed by atoms with Gasteiger partial charge < -0.3 is 9.15 Å². The maximum Gasteiger partial charge on any atom is 0.230 e. The number of halogens is 1. The van der Waals surface area contributed by atoms with Crippen molar-refractivity contribution in [2.75, 3.05) is 6.61 Å². The van der Waals surface area contributed by atoms with Crippen molar-refractivity contribution in [3.63, 3.8) is 0 Å². The number of carbonyl (C=O) groups is 1. The number of furan rings is 1. The van der Waals surface area contributed by atoms with Crippen LogP contribution >= 0.6 is 15.9 Å². The van der Waals surface area contributed by atoms with Crippen molar-refractivity contribution in [3.8, 4) is 0 Å². The van der Waals surface area contributed by atoms with Crippen molar-refractivity contribution in [2.24, 2.45) is 0 Å². The molecule has 0 aliphatic carbocycles. The maximum atomic E-state index is 11.9. The average Bonchev–Trinajstić information content (AvgIpc) is 2.50. The van der Waals surface area contributed by atoms with E-state index >= 15 is 0 Å². The molecular weight excluding hydrogens is 248 g/mol. The number of hydrogen-bond donors (Lipinski definition) is 0. The first-order valence-electron chi connectivity index (χ1n) is 4.40. The molecule has 0 radical (unpaired) electrons. The van der Waals surface area contributed by atoms with Gasteiger partial charge in [0, 0.05) is 6.61 Å². The number of hydrogen-bond acceptors (Lipinski definition) is 3. The van der Waals surface area contributed by atoms with Crippen LogP contribution in [0.5, 0.6) is 0 Å². The van der Waals surface area contributed by atoms with E-state index in [2.05, 4.69) is 15.9 Å². The van der Waals surface area contributed by atoms with Crippen LogP contribution in [0.4, 0.5) is 0 Å². The Morgan fingerprint density at radius 3 is 2.71 bits per heavy atom. The van der Waals surface area contributed by atoms with Crippen LogP contribution in [0.1, 0.15) is 31.3 Å². The zero-order valence-electron chi connectivity index (χ0n) is 8.46. The molecule has 78 valence electrons. The molecular formula is C10H13BrO3. The van der Waals surface area contributed by atoms with Gasteiger partial charge in [0.15, 0.2) is 5.76 Å². The summed E-state index contributed by atoms with van der Waals surface area (Å²) in [5.41, 5.74) is -0.838. The summed E-state index contributed by atoms with van der Waals surface area (Å²) in [6.45, 7) is 5.81. The molecule has 0 atom stereocenters. The van der Waals surface area contributed by atoms with Crippen LogP contribution in [0.25, 0.3) is 0 Å². The summed E-state index contributed by atoms with van der Waals surface area (Å²) < 4.78 is 11.1. The van der Waals surface area contributed by atoms with E-state index in [-0.39, 0.29) is 5.78 Å². The molecule has 14 heavy (non-hydrogen) atoms. The van der Waals surface area contributed by atoms with Gasteiger partial charge in [0.1, 0.15) is 5.60 Å². The van der Waals surface area contributed by atoms with Gasteiger partial charge in [-0.2, -0.15) is 0 Å². The summed E-state index contributed by atoms with van der Waals surface area (Å²) in [4.78, 5) is 11.9. The van der Waals surface area contributed by atoms with Gasteiger partial charge in [0.2, 0.25) is 5.78 Å². The van der Waals surface area contributed by atoms with Crippen LogP contribution < -0.4 is 0 Å². The molecule has 1 aromatic heterocycles. The van der Waals surface area contributed by atoms with Crippen LogP contribution in [0.15, 0.2) is 21.2 Å². The summed E-state index contributed by atoms with van der Waals surface area (Å²) in [5, 5.41) is 0. The van der Waals surface area contributed by atoms with E-state index in [1.807, 2.05) is 6.92 Å². The monoisotopic (exact) mass is 260 g/mol. The molecule has 0 fully saturated rings. The Morgan fingerprint density at radius 2 is 2.29 bits per heavy atom. The number of Topliss-reactive ketones (excluding diaryl/α,β-unsaturated/α-hetero) is 1. The van der Waals surface area contributed by atoms with Crippen LogP contribution in [0, 0.1) is 0 Å². The van der Waals surface area contributed by atoms with Gasteiger partial charge in [-0.05, 0) is 42.8 Å². The number of ether oxygens (including phenoxy) is 1. The molecule has 3 nitrogen and oxygen atoms in total. The normalized spacial score (nSPS) is 11.7. The second kappa shape index (κ2) is 4.28. The number of rotatable bonds is 4. The smallest absolute Gasteiger partial charge is 0.230 e. The van der Waals surface area contributed by atoms with Gasteiger partial charge in [0.05, 0.1) is 10.7 Å². The van der Waals surface area contributed by atoms with Gasteiger partial charge in [-0.1, -0.05) is 0 Å². The summed E-state index contributed by atoms with van der Waals surface area (Å²) in [5.74, 6) is 0.152. The van der Waals surface area contributed by atoms with Crippen LogP contribution in [-0.2, 0) is 4.74 Å². The molecule has 0 N–H and O–H groups in total. The Kier molecular flexibility index (Phi) is 3.50. The molecule has 1 heterocycles. The topological polar surface area (TPSA) is 39.4 Å². The Morgan fingerprint density at radius 1 is 1.64 bits per heavy atom. The number of carbonyl (C=O) groups excluding carboxylic acids is 1. The lowest BCUT2D eigenvalue weighted by Gasteiger charge is -2.21. The predicted molar refractivity (Wildman–Crippen MR) is 56.4 cm³/mol. The Hall–Kier alpha value is -0.610. The maximum absolute atomic E-state index is 11.9. The molecule has 1 rings (SSSR count). The first kappa shape index (κ1) is 11.5. The SMILES string of the molecule is CCOC(C)(C)C(=O)c1occc1Br. The second-order valence-corrected chi connectivity index (χ2v) is 4.22. The molecule has 0 saturated heterocycles. The van der Waals surface area contributed by atoms with Gasteiger partial charge in [-0.25, -0.2) is 0 Å². The molecule has 0 amide bonds.